The number of para-hydroxylation sites is 1. The first-order valence-corrected chi connectivity index (χ1v) is 6.29. The van der Waals surface area contributed by atoms with Crippen LogP contribution in [0.15, 0.2) is 18.2 Å². The van der Waals surface area contributed by atoms with Gasteiger partial charge in [-0.3, -0.25) is 0 Å². The summed E-state index contributed by atoms with van der Waals surface area (Å²) >= 11 is 0. The molecule has 0 aliphatic rings. The van der Waals surface area contributed by atoms with Gasteiger partial charge in [0.25, 0.3) is 0 Å². The average Bonchev–Trinajstić information content (AvgIpc) is 2.81. The summed E-state index contributed by atoms with van der Waals surface area (Å²) in [6.45, 7) is 4.36. The lowest BCUT2D eigenvalue weighted by atomic mass is 10.1. The molecule has 2 aromatic rings. The summed E-state index contributed by atoms with van der Waals surface area (Å²) in [5.74, 6) is 0.799. The maximum atomic E-state index is 9.02. The van der Waals surface area contributed by atoms with E-state index in [9.17, 15) is 0 Å². The lowest BCUT2D eigenvalue weighted by Crippen LogP contribution is -2.11. The van der Waals surface area contributed by atoms with E-state index in [2.05, 4.69) is 10.3 Å². The maximum Gasteiger partial charge on any atom is 0.189 e. The fraction of sp³-hybridized carbons (Fsp3) is 0.357. The summed E-state index contributed by atoms with van der Waals surface area (Å²) < 4.78 is 7.30. The molecule has 0 amide bonds. The molecule has 1 aromatic carbocycles. The standard InChI is InChI=1S/C14H16N4O2/c1-10-4-3-5-11(2)14(10)20-9-13-12(8-15)16-17-18(13)6-7-19/h3-5,19H,6-7,9H2,1-2H3. The van der Waals surface area contributed by atoms with Gasteiger partial charge in [-0.2, -0.15) is 5.26 Å². The molecule has 0 radical (unpaired) electrons. The number of aromatic nitrogens is 3. The molecule has 0 fully saturated rings. The van der Waals surface area contributed by atoms with Crippen molar-refractivity contribution in [3.8, 4) is 11.8 Å². The van der Waals surface area contributed by atoms with Crippen molar-refractivity contribution < 1.29 is 9.84 Å². The first kappa shape index (κ1) is 14.0. The molecule has 2 rings (SSSR count). The van der Waals surface area contributed by atoms with Crippen molar-refractivity contribution in [1.82, 2.24) is 15.0 Å². The first-order chi connectivity index (χ1) is 9.67. The molecule has 1 heterocycles. The van der Waals surface area contributed by atoms with Crippen molar-refractivity contribution >= 4 is 0 Å². The second-order valence-corrected chi connectivity index (χ2v) is 4.45. The van der Waals surface area contributed by atoms with Gasteiger partial charge in [-0.25, -0.2) is 4.68 Å². The van der Waals surface area contributed by atoms with Crippen LogP contribution < -0.4 is 4.74 Å². The smallest absolute Gasteiger partial charge is 0.189 e. The van der Waals surface area contributed by atoms with Crippen LogP contribution in [0.3, 0.4) is 0 Å². The second kappa shape index (κ2) is 6.17. The highest BCUT2D eigenvalue weighted by Crippen LogP contribution is 2.23. The van der Waals surface area contributed by atoms with E-state index in [0.29, 0.717) is 12.2 Å². The number of aryl methyl sites for hydroxylation is 2. The molecule has 0 spiro atoms. The molecule has 1 N–H and O–H groups in total. The zero-order chi connectivity index (χ0) is 14.5. The molecule has 0 bridgehead atoms. The van der Waals surface area contributed by atoms with Crippen molar-refractivity contribution in [3.63, 3.8) is 0 Å². The third kappa shape index (κ3) is 2.78. The van der Waals surface area contributed by atoms with Gasteiger partial charge in [-0.15, -0.1) is 5.10 Å². The lowest BCUT2D eigenvalue weighted by Gasteiger charge is -2.12. The fourth-order valence-corrected chi connectivity index (χ4v) is 2.00. The van der Waals surface area contributed by atoms with Gasteiger partial charge in [0.2, 0.25) is 0 Å². The minimum Gasteiger partial charge on any atom is -0.487 e. The normalized spacial score (nSPS) is 10.3. The fourth-order valence-electron chi connectivity index (χ4n) is 2.00. The molecule has 20 heavy (non-hydrogen) atoms. The molecule has 0 saturated heterocycles. The van der Waals surface area contributed by atoms with Gasteiger partial charge in [-0.05, 0) is 25.0 Å². The predicted molar refractivity (Wildman–Crippen MR) is 72.1 cm³/mol. The van der Waals surface area contributed by atoms with Gasteiger partial charge in [0.15, 0.2) is 5.69 Å². The molecule has 0 saturated carbocycles. The van der Waals surface area contributed by atoms with Crippen LogP contribution in [0, 0.1) is 25.2 Å². The highest BCUT2D eigenvalue weighted by Gasteiger charge is 2.14. The number of hydrogen-bond acceptors (Lipinski definition) is 5. The van der Waals surface area contributed by atoms with Crippen LogP contribution >= 0.6 is 0 Å². The van der Waals surface area contributed by atoms with Crippen LogP contribution in [-0.4, -0.2) is 26.7 Å². The summed E-state index contributed by atoms with van der Waals surface area (Å²) in [5.41, 5.74) is 2.86. The van der Waals surface area contributed by atoms with Gasteiger partial charge in [0.05, 0.1) is 13.2 Å². The molecule has 6 nitrogen and oxygen atoms in total. The van der Waals surface area contributed by atoms with Crippen LogP contribution in [0.4, 0.5) is 0 Å². The van der Waals surface area contributed by atoms with Crippen LogP contribution in [0.25, 0.3) is 0 Å². The van der Waals surface area contributed by atoms with E-state index in [0.717, 1.165) is 16.9 Å². The highest BCUT2D eigenvalue weighted by molar-refractivity contribution is 5.40. The Labute approximate surface area is 117 Å². The Hall–Kier alpha value is -2.39. The molecular weight excluding hydrogens is 256 g/mol. The zero-order valence-corrected chi connectivity index (χ0v) is 11.5. The lowest BCUT2D eigenvalue weighted by molar-refractivity contribution is 0.251. The van der Waals surface area contributed by atoms with Crippen LogP contribution in [0.5, 0.6) is 5.75 Å². The van der Waals surface area contributed by atoms with Crippen LogP contribution in [0.1, 0.15) is 22.5 Å². The second-order valence-electron chi connectivity index (χ2n) is 4.45. The Bertz CT molecular complexity index is 623. The molecule has 0 aliphatic heterocycles. The quantitative estimate of drug-likeness (QED) is 0.887. The monoisotopic (exact) mass is 272 g/mol. The predicted octanol–water partition coefficient (Wildman–Crippen LogP) is 1.34. The molecule has 0 unspecified atom stereocenters. The summed E-state index contributed by atoms with van der Waals surface area (Å²) in [5, 5.41) is 25.6. The Balaban J connectivity index is 2.23. The number of hydrogen-bond donors (Lipinski definition) is 1. The molecular formula is C14H16N4O2. The van der Waals surface area contributed by atoms with Gasteiger partial charge < -0.3 is 9.84 Å². The van der Waals surface area contributed by atoms with Crippen LogP contribution in [0.2, 0.25) is 0 Å². The number of aliphatic hydroxyl groups excluding tert-OH is 1. The highest BCUT2D eigenvalue weighted by atomic mass is 16.5. The number of rotatable bonds is 5. The number of benzene rings is 1. The SMILES string of the molecule is Cc1cccc(C)c1OCc1c(C#N)nnn1CCO. The minimum absolute atomic E-state index is 0.0649. The Morgan fingerprint density at radius 2 is 2.05 bits per heavy atom. The van der Waals surface area contributed by atoms with E-state index in [1.54, 1.807) is 0 Å². The van der Waals surface area contributed by atoms with Crippen molar-refractivity contribution in [2.24, 2.45) is 0 Å². The number of nitriles is 1. The van der Waals surface area contributed by atoms with E-state index < -0.39 is 0 Å². The van der Waals surface area contributed by atoms with Gasteiger partial charge in [0, 0.05) is 0 Å². The zero-order valence-electron chi connectivity index (χ0n) is 11.5. The molecule has 0 aliphatic carbocycles. The molecule has 6 heteroatoms. The maximum absolute atomic E-state index is 9.02. The van der Waals surface area contributed by atoms with E-state index in [1.165, 1.54) is 4.68 Å². The largest absolute Gasteiger partial charge is 0.487 e. The van der Waals surface area contributed by atoms with Crippen molar-refractivity contribution in [2.45, 2.75) is 27.0 Å². The summed E-state index contributed by atoms with van der Waals surface area (Å²) in [7, 11) is 0. The molecule has 0 atom stereocenters. The van der Waals surface area contributed by atoms with Crippen LogP contribution in [-0.2, 0) is 13.2 Å². The number of aliphatic hydroxyl groups is 1. The number of ether oxygens (including phenoxy) is 1. The van der Waals surface area contributed by atoms with Crippen molar-refractivity contribution in [3.05, 3.63) is 40.7 Å². The van der Waals surface area contributed by atoms with Crippen molar-refractivity contribution in [2.75, 3.05) is 6.61 Å². The van der Waals surface area contributed by atoms with E-state index in [4.69, 9.17) is 15.1 Å². The Kier molecular flexibility index (Phi) is 4.33. The Morgan fingerprint density at radius 3 is 2.65 bits per heavy atom. The third-order valence-corrected chi connectivity index (χ3v) is 3.02. The van der Waals surface area contributed by atoms with Gasteiger partial charge >= 0.3 is 0 Å². The van der Waals surface area contributed by atoms with E-state index in [-0.39, 0.29) is 18.9 Å². The van der Waals surface area contributed by atoms with E-state index >= 15 is 0 Å². The van der Waals surface area contributed by atoms with Gasteiger partial charge in [-0.1, -0.05) is 23.4 Å². The summed E-state index contributed by atoms with van der Waals surface area (Å²) in [6.07, 6.45) is 0. The molecule has 104 valence electrons. The number of nitrogens with zero attached hydrogens (tertiary/aromatic N) is 4. The topological polar surface area (TPSA) is 84.0 Å². The Morgan fingerprint density at radius 1 is 1.35 bits per heavy atom. The van der Waals surface area contributed by atoms with Crippen molar-refractivity contribution in [1.29, 1.82) is 5.26 Å². The first-order valence-electron chi connectivity index (χ1n) is 6.29. The van der Waals surface area contributed by atoms with Gasteiger partial charge in [0.1, 0.15) is 24.1 Å². The average molecular weight is 272 g/mol. The minimum atomic E-state index is -0.0649. The molecule has 1 aromatic heterocycles. The third-order valence-electron chi connectivity index (χ3n) is 3.02. The van der Waals surface area contributed by atoms with E-state index in [1.807, 2.05) is 38.1 Å². The summed E-state index contributed by atoms with van der Waals surface area (Å²) in [4.78, 5) is 0. The summed E-state index contributed by atoms with van der Waals surface area (Å²) in [6, 6.07) is 7.89.